The highest BCUT2D eigenvalue weighted by molar-refractivity contribution is 9.10. The number of nitrogens with one attached hydrogen (secondary N) is 1. The van der Waals surface area contributed by atoms with Gasteiger partial charge in [-0.25, -0.2) is 0 Å². The van der Waals surface area contributed by atoms with Crippen molar-refractivity contribution in [1.29, 1.82) is 0 Å². The van der Waals surface area contributed by atoms with Crippen molar-refractivity contribution in [2.75, 3.05) is 25.1 Å². The Balaban J connectivity index is 2.01. The van der Waals surface area contributed by atoms with E-state index in [1.165, 1.54) is 19.3 Å². The van der Waals surface area contributed by atoms with Crippen molar-refractivity contribution in [3.05, 3.63) is 16.6 Å². The zero-order chi connectivity index (χ0) is 12.1. The standard InChI is InChI=1S/C13H18BrNO2/c1-2-3-4-5-15-11-9-13-12(8-10(11)14)16-6-7-17-13/h8-9,15H,2-7H2,1H3. The van der Waals surface area contributed by atoms with Crippen LogP contribution in [0.15, 0.2) is 16.6 Å². The van der Waals surface area contributed by atoms with Gasteiger partial charge in [0.15, 0.2) is 11.5 Å². The molecule has 0 aromatic heterocycles. The molecule has 0 bridgehead atoms. The first-order valence-electron chi connectivity index (χ1n) is 6.14. The first kappa shape index (κ1) is 12.6. The number of ether oxygens (including phenoxy) is 2. The lowest BCUT2D eigenvalue weighted by Crippen LogP contribution is -2.15. The number of anilines is 1. The van der Waals surface area contributed by atoms with E-state index >= 15 is 0 Å². The van der Waals surface area contributed by atoms with Gasteiger partial charge in [-0.1, -0.05) is 19.8 Å². The fourth-order valence-electron chi connectivity index (χ4n) is 1.80. The number of rotatable bonds is 5. The summed E-state index contributed by atoms with van der Waals surface area (Å²) in [6.07, 6.45) is 3.69. The van der Waals surface area contributed by atoms with E-state index in [1.807, 2.05) is 12.1 Å². The van der Waals surface area contributed by atoms with Gasteiger partial charge in [-0.3, -0.25) is 0 Å². The summed E-state index contributed by atoms with van der Waals surface area (Å²) in [5.41, 5.74) is 1.07. The number of hydrogen-bond donors (Lipinski definition) is 1. The maximum absolute atomic E-state index is 5.56. The molecule has 17 heavy (non-hydrogen) atoms. The van der Waals surface area contributed by atoms with Crippen LogP contribution in [-0.4, -0.2) is 19.8 Å². The molecule has 0 amide bonds. The predicted octanol–water partition coefficient (Wildman–Crippen LogP) is 3.82. The summed E-state index contributed by atoms with van der Waals surface area (Å²) in [7, 11) is 0. The van der Waals surface area contributed by atoms with Gasteiger partial charge >= 0.3 is 0 Å². The zero-order valence-corrected chi connectivity index (χ0v) is 11.7. The van der Waals surface area contributed by atoms with E-state index in [0.717, 1.165) is 28.2 Å². The van der Waals surface area contributed by atoms with E-state index < -0.39 is 0 Å². The second kappa shape index (κ2) is 6.15. The maximum atomic E-state index is 5.56. The summed E-state index contributed by atoms with van der Waals surface area (Å²) >= 11 is 3.55. The number of fused-ring (bicyclic) bond motifs is 1. The summed E-state index contributed by atoms with van der Waals surface area (Å²) in [6.45, 7) is 4.46. The molecule has 1 heterocycles. The molecule has 1 aliphatic heterocycles. The molecule has 0 spiro atoms. The molecule has 0 saturated heterocycles. The molecule has 2 rings (SSSR count). The fraction of sp³-hybridized carbons (Fsp3) is 0.538. The van der Waals surface area contributed by atoms with E-state index in [0.29, 0.717) is 13.2 Å². The lowest BCUT2D eigenvalue weighted by Gasteiger charge is -2.20. The van der Waals surface area contributed by atoms with Crippen molar-refractivity contribution in [3.8, 4) is 11.5 Å². The Labute approximate surface area is 111 Å². The Morgan fingerprint density at radius 1 is 1.18 bits per heavy atom. The zero-order valence-electron chi connectivity index (χ0n) is 10.1. The molecule has 0 fully saturated rings. The monoisotopic (exact) mass is 299 g/mol. The van der Waals surface area contributed by atoms with Gasteiger partial charge in [0.05, 0.1) is 5.69 Å². The topological polar surface area (TPSA) is 30.5 Å². The smallest absolute Gasteiger partial charge is 0.163 e. The van der Waals surface area contributed by atoms with E-state index in [4.69, 9.17) is 9.47 Å². The van der Waals surface area contributed by atoms with Crippen molar-refractivity contribution in [2.24, 2.45) is 0 Å². The van der Waals surface area contributed by atoms with Crippen LogP contribution in [0, 0.1) is 0 Å². The molecule has 0 radical (unpaired) electrons. The van der Waals surface area contributed by atoms with Crippen molar-refractivity contribution >= 4 is 21.6 Å². The van der Waals surface area contributed by atoms with Gasteiger partial charge in [0.25, 0.3) is 0 Å². The van der Waals surface area contributed by atoms with Gasteiger partial charge in [-0.05, 0) is 22.4 Å². The molecular weight excluding hydrogens is 282 g/mol. The first-order valence-corrected chi connectivity index (χ1v) is 6.93. The van der Waals surface area contributed by atoms with Crippen LogP contribution in [0.3, 0.4) is 0 Å². The summed E-state index contributed by atoms with van der Waals surface area (Å²) in [4.78, 5) is 0. The number of halogens is 1. The third-order valence-electron chi connectivity index (χ3n) is 2.73. The molecule has 1 N–H and O–H groups in total. The lowest BCUT2D eigenvalue weighted by molar-refractivity contribution is 0.171. The Bertz CT molecular complexity index is 382. The van der Waals surface area contributed by atoms with Crippen LogP contribution in [-0.2, 0) is 0 Å². The highest BCUT2D eigenvalue weighted by Gasteiger charge is 2.14. The summed E-state index contributed by atoms with van der Waals surface area (Å²) < 4.78 is 12.1. The molecule has 4 heteroatoms. The summed E-state index contributed by atoms with van der Waals surface area (Å²) in [6, 6.07) is 3.97. The quantitative estimate of drug-likeness (QED) is 0.839. The molecule has 1 aliphatic rings. The van der Waals surface area contributed by atoms with Crippen LogP contribution in [0.5, 0.6) is 11.5 Å². The Morgan fingerprint density at radius 3 is 2.59 bits per heavy atom. The van der Waals surface area contributed by atoms with Crippen LogP contribution >= 0.6 is 15.9 Å². The second-order valence-corrected chi connectivity index (χ2v) is 4.96. The average molecular weight is 300 g/mol. The molecule has 1 aromatic rings. The average Bonchev–Trinajstić information content (AvgIpc) is 2.35. The molecular formula is C13H18BrNO2. The third-order valence-corrected chi connectivity index (χ3v) is 3.38. The Morgan fingerprint density at radius 2 is 1.88 bits per heavy atom. The molecule has 1 aromatic carbocycles. The Kier molecular flexibility index (Phi) is 4.54. The van der Waals surface area contributed by atoms with Gasteiger partial charge in [0.1, 0.15) is 13.2 Å². The number of unbranched alkanes of at least 4 members (excludes halogenated alkanes) is 2. The second-order valence-electron chi connectivity index (χ2n) is 4.11. The van der Waals surface area contributed by atoms with Gasteiger partial charge < -0.3 is 14.8 Å². The minimum atomic E-state index is 0.628. The predicted molar refractivity (Wildman–Crippen MR) is 73.1 cm³/mol. The fourth-order valence-corrected chi connectivity index (χ4v) is 2.26. The SMILES string of the molecule is CCCCCNc1cc2c(cc1Br)OCCO2. The highest BCUT2D eigenvalue weighted by atomic mass is 79.9. The normalized spacial score (nSPS) is 13.5. The van der Waals surface area contributed by atoms with Gasteiger partial charge in [-0.15, -0.1) is 0 Å². The van der Waals surface area contributed by atoms with Crippen LogP contribution in [0.4, 0.5) is 5.69 Å². The summed E-state index contributed by atoms with van der Waals surface area (Å²) in [5.74, 6) is 1.65. The van der Waals surface area contributed by atoms with E-state index in [-0.39, 0.29) is 0 Å². The highest BCUT2D eigenvalue weighted by Crippen LogP contribution is 2.38. The van der Waals surface area contributed by atoms with Crippen molar-refractivity contribution < 1.29 is 9.47 Å². The van der Waals surface area contributed by atoms with Crippen molar-refractivity contribution in [3.63, 3.8) is 0 Å². The van der Waals surface area contributed by atoms with Gasteiger partial charge in [-0.2, -0.15) is 0 Å². The van der Waals surface area contributed by atoms with Crippen molar-refractivity contribution in [1.82, 2.24) is 0 Å². The summed E-state index contributed by atoms with van der Waals surface area (Å²) in [5, 5.41) is 3.42. The first-order chi connectivity index (χ1) is 8.31. The molecule has 0 atom stereocenters. The van der Waals surface area contributed by atoms with E-state index in [1.54, 1.807) is 0 Å². The van der Waals surface area contributed by atoms with E-state index in [9.17, 15) is 0 Å². The molecule has 3 nitrogen and oxygen atoms in total. The number of hydrogen-bond acceptors (Lipinski definition) is 3. The third kappa shape index (κ3) is 3.28. The van der Waals surface area contributed by atoms with E-state index in [2.05, 4.69) is 28.2 Å². The Hall–Kier alpha value is -0.900. The van der Waals surface area contributed by atoms with Crippen LogP contribution in [0.25, 0.3) is 0 Å². The maximum Gasteiger partial charge on any atom is 0.163 e. The number of benzene rings is 1. The van der Waals surface area contributed by atoms with Crippen LogP contribution in [0.2, 0.25) is 0 Å². The van der Waals surface area contributed by atoms with Gasteiger partial charge in [0, 0.05) is 23.2 Å². The van der Waals surface area contributed by atoms with Crippen LogP contribution < -0.4 is 14.8 Å². The minimum Gasteiger partial charge on any atom is -0.486 e. The minimum absolute atomic E-state index is 0.628. The largest absolute Gasteiger partial charge is 0.486 e. The molecule has 94 valence electrons. The lowest BCUT2D eigenvalue weighted by atomic mass is 10.2. The molecule has 0 aliphatic carbocycles. The van der Waals surface area contributed by atoms with Crippen molar-refractivity contribution in [2.45, 2.75) is 26.2 Å². The molecule has 0 saturated carbocycles. The molecule has 0 unspecified atom stereocenters. The van der Waals surface area contributed by atoms with Crippen LogP contribution in [0.1, 0.15) is 26.2 Å². The van der Waals surface area contributed by atoms with Gasteiger partial charge in [0.2, 0.25) is 0 Å².